The molecule has 78 valence electrons. The molecule has 4 nitrogen and oxygen atoms in total. The van der Waals surface area contributed by atoms with Crippen molar-refractivity contribution < 1.29 is 0 Å². The van der Waals surface area contributed by atoms with Crippen molar-refractivity contribution in [1.29, 1.82) is 0 Å². The first kappa shape index (κ1) is 9.23. The highest BCUT2D eigenvalue weighted by Gasteiger charge is 2.04. The van der Waals surface area contributed by atoms with Gasteiger partial charge in [-0.15, -0.1) is 0 Å². The van der Waals surface area contributed by atoms with Crippen molar-refractivity contribution in [2.24, 2.45) is 0 Å². The van der Waals surface area contributed by atoms with Gasteiger partial charge in [0, 0.05) is 18.0 Å². The molecule has 3 aromatic rings. The summed E-state index contributed by atoms with van der Waals surface area (Å²) in [5.41, 5.74) is 1.74. The molecule has 0 atom stereocenters. The zero-order chi connectivity index (χ0) is 11.0. The van der Waals surface area contributed by atoms with E-state index in [4.69, 9.17) is 0 Å². The van der Waals surface area contributed by atoms with Crippen molar-refractivity contribution in [3.8, 4) is 11.4 Å². The number of rotatable bonds is 1. The van der Waals surface area contributed by atoms with Gasteiger partial charge in [0.25, 0.3) is 4.74 Å². The highest BCUT2D eigenvalue weighted by molar-refractivity contribution is 7.04. The fourth-order valence-corrected chi connectivity index (χ4v) is 2.21. The lowest BCUT2D eigenvalue weighted by atomic mass is 10.1. The Morgan fingerprint density at radius 2 is 2.00 bits per heavy atom. The molecule has 0 amide bonds. The summed E-state index contributed by atoms with van der Waals surface area (Å²) in [5.74, 6) is 0.663. The van der Waals surface area contributed by atoms with Crippen molar-refractivity contribution in [2.45, 2.75) is 0 Å². The second-order valence-corrected chi connectivity index (χ2v) is 4.10. The number of benzene rings is 1. The third kappa shape index (κ3) is 1.42. The largest absolute Gasteiger partial charge is 0.307 e. The normalized spacial score (nSPS) is 10.8. The molecule has 0 aliphatic carbocycles. The summed E-state index contributed by atoms with van der Waals surface area (Å²) < 4.78 is 3.02. The van der Waals surface area contributed by atoms with E-state index in [2.05, 4.69) is 14.3 Å². The fourth-order valence-electron chi connectivity index (χ4n) is 1.55. The first-order valence-corrected chi connectivity index (χ1v) is 5.55. The van der Waals surface area contributed by atoms with E-state index in [-0.39, 0.29) is 4.74 Å². The molecule has 2 heterocycles. The van der Waals surface area contributed by atoms with Gasteiger partial charge in [-0.25, -0.2) is 9.97 Å². The number of H-pyrrole nitrogens is 1. The minimum absolute atomic E-state index is 0.0514. The molecule has 0 bridgehead atoms. The molecule has 0 unspecified atom stereocenters. The lowest BCUT2D eigenvalue weighted by Crippen LogP contribution is -1.89. The van der Waals surface area contributed by atoms with E-state index >= 15 is 0 Å². The molecule has 5 heteroatoms. The van der Waals surface area contributed by atoms with Crippen LogP contribution in [-0.4, -0.2) is 14.3 Å². The lowest BCUT2D eigenvalue weighted by Gasteiger charge is -1.98. The highest BCUT2D eigenvalue weighted by atomic mass is 32.1. The average molecular weight is 229 g/mol. The summed E-state index contributed by atoms with van der Waals surface area (Å²) in [7, 11) is 0. The molecule has 0 fully saturated rings. The zero-order valence-corrected chi connectivity index (χ0v) is 8.99. The van der Waals surface area contributed by atoms with Crippen molar-refractivity contribution in [3.63, 3.8) is 0 Å². The number of nitrogens with zero attached hydrogens (tertiary/aromatic N) is 2. The molecule has 3 rings (SSSR count). The quantitative estimate of drug-likeness (QED) is 0.694. The van der Waals surface area contributed by atoms with Gasteiger partial charge in [0.05, 0.1) is 10.9 Å². The van der Waals surface area contributed by atoms with Gasteiger partial charge in [-0.05, 0) is 29.7 Å². The number of aromatic nitrogens is 3. The summed E-state index contributed by atoms with van der Waals surface area (Å²) in [6.07, 6.45) is 3.39. The lowest BCUT2D eigenvalue weighted by molar-refractivity contribution is 1.18. The highest BCUT2D eigenvalue weighted by Crippen LogP contribution is 2.19. The van der Waals surface area contributed by atoms with E-state index in [1.54, 1.807) is 24.5 Å². The van der Waals surface area contributed by atoms with E-state index in [0.717, 1.165) is 22.6 Å². The maximum Gasteiger partial charge on any atom is 0.257 e. The third-order valence-electron chi connectivity index (χ3n) is 2.32. The maximum absolute atomic E-state index is 11.4. The van der Waals surface area contributed by atoms with Crippen molar-refractivity contribution in [3.05, 3.63) is 46.2 Å². The summed E-state index contributed by atoms with van der Waals surface area (Å²) in [4.78, 5) is 19.7. The first-order chi connectivity index (χ1) is 7.84. The Balaban J connectivity index is 2.23. The van der Waals surface area contributed by atoms with Gasteiger partial charge in [-0.1, -0.05) is 6.07 Å². The number of hydrogen-bond acceptors (Lipinski definition) is 4. The van der Waals surface area contributed by atoms with Crippen LogP contribution in [0.15, 0.2) is 41.5 Å². The fraction of sp³-hybridized carbons (Fsp3) is 0. The first-order valence-electron chi connectivity index (χ1n) is 4.73. The van der Waals surface area contributed by atoms with Crippen LogP contribution in [0.25, 0.3) is 22.3 Å². The molecule has 0 saturated carbocycles. The molecule has 16 heavy (non-hydrogen) atoms. The van der Waals surface area contributed by atoms with Gasteiger partial charge in [0.2, 0.25) is 0 Å². The number of hydrogen-bond donors (Lipinski definition) is 1. The van der Waals surface area contributed by atoms with Gasteiger partial charge in [-0.2, -0.15) is 0 Å². The van der Waals surface area contributed by atoms with Crippen LogP contribution in [0.5, 0.6) is 0 Å². The second-order valence-electron chi connectivity index (χ2n) is 3.32. The topological polar surface area (TPSA) is 58.6 Å². The molecule has 0 aliphatic heterocycles. The summed E-state index contributed by atoms with van der Waals surface area (Å²) in [5, 5.41) is 0.713. The molecule has 0 radical (unpaired) electrons. The van der Waals surface area contributed by atoms with Crippen LogP contribution in [0.4, 0.5) is 0 Å². The van der Waals surface area contributed by atoms with E-state index in [9.17, 15) is 4.79 Å². The Bertz CT molecular complexity index is 687. The second kappa shape index (κ2) is 3.53. The molecule has 1 aromatic carbocycles. The predicted octanol–water partition coefficient (Wildman–Crippen LogP) is 2.05. The number of aromatic amines is 1. The van der Waals surface area contributed by atoms with Crippen molar-refractivity contribution >= 4 is 22.4 Å². The SMILES string of the molecule is O=c1s[nH]c2cc(-c3ncccn3)ccc12. The van der Waals surface area contributed by atoms with Gasteiger partial charge < -0.3 is 4.37 Å². The molecule has 2 aromatic heterocycles. The van der Waals surface area contributed by atoms with E-state index < -0.39 is 0 Å². The van der Waals surface area contributed by atoms with Crippen LogP contribution < -0.4 is 4.74 Å². The Morgan fingerprint density at radius 3 is 2.81 bits per heavy atom. The summed E-state index contributed by atoms with van der Waals surface area (Å²) >= 11 is 1.10. The van der Waals surface area contributed by atoms with Crippen LogP contribution in [-0.2, 0) is 0 Å². The van der Waals surface area contributed by atoms with Gasteiger partial charge in [0.15, 0.2) is 5.82 Å². The number of fused-ring (bicyclic) bond motifs is 1. The van der Waals surface area contributed by atoms with Crippen LogP contribution >= 0.6 is 11.5 Å². The molecular formula is C11H7N3OS. The van der Waals surface area contributed by atoms with E-state index in [1.807, 2.05) is 12.1 Å². The van der Waals surface area contributed by atoms with Crippen LogP contribution in [0.2, 0.25) is 0 Å². The molecule has 0 aliphatic rings. The Labute approximate surface area is 94.8 Å². The minimum Gasteiger partial charge on any atom is -0.307 e. The van der Waals surface area contributed by atoms with Gasteiger partial charge in [0.1, 0.15) is 0 Å². The minimum atomic E-state index is 0.0514. The molecular weight excluding hydrogens is 222 g/mol. The van der Waals surface area contributed by atoms with E-state index in [1.165, 1.54) is 0 Å². The van der Waals surface area contributed by atoms with Crippen molar-refractivity contribution in [2.75, 3.05) is 0 Å². The van der Waals surface area contributed by atoms with Gasteiger partial charge >= 0.3 is 0 Å². The smallest absolute Gasteiger partial charge is 0.257 e. The Hall–Kier alpha value is -2.01. The Morgan fingerprint density at radius 1 is 1.19 bits per heavy atom. The van der Waals surface area contributed by atoms with Crippen molar-refractivity contribution in [1.82, 2.24) is 14.3 Å². The van der Waals surface area contributed by atoms with Gasteiger partial charge in [-0.3, -0.25) is 4.79 Å². The average Bonchev–Trinajstić information content (AvgIpc) is 2.72. The third-order valence-corrected chi connectivity index (χ3v) is 3.04. The Kier molecular flexibility index (Phi) is 2.04. The molecule has 1 N–H and O–H groups in total. The summed E-state index contributed by atoms with van der Waals surface area (Å²) in [6, 6.07) is 7.33. The number of nitrogens with one attached hydrogen (secondary N) is 1. The van der Waals surface area contributed by atoms with Crippen LogP contribution in [0.3, 0.4) is 0 Å². The standard InChI is InChI=1S/C11H7N3OS/c15-11-8-3-2-7(6-9(8)14-16-11)10-12-4-1-5-13-10/h1-6,14H. The monoisotopic (exact) mass is 229 g/mol. The predicted molar refractivity (Wildman–Crippen MR) is 63.5 cm³/mol. The summed E-state index contributed by atoms with van der Waals surface area (Å²) in [6.45, 7) is 0. The molecule has 0 saturated heterocycles. The maximum atomic E-state index is 11.4. The van der Waals surface area contributed by atoms with E-state index in [0.29, 0.717) is 11.2 Å². The van der Waals surface area contributed by atoms with Crippen LogP contribution in [0.1, 0.15) is 0 Å². The van der Waals surface area contributed by atoms with Crippen LogP contribution in [0, 0.1) is 0 Å². The molecule has 0 spiro atoms. The zero-order valence-electron chi connectivity index (χ0n) is 8.18.